The predicted molar refractivity (Wildman–Crippen MR) is 103 cm³/mol. The molecular weight excluding hydrogens is 454 g/mol. The highest BCUT2D eigenvalue weighted by atomic mass is 19.4. The van der Waals surface area contributed by atoms with Crippen molar-refractivity contribution in [2.45, 2.75) is 38.1 Å². The van der Waals surface area contributed by atoms with Gasteiger partial charge in [0, 0.05) is 31.6 Å². The first-order valence-corrected chi connectivity index (χ1v) is 9.86. The van der Waals surface area contributed by atoms with Crippen molar-refractivity contribution in [2.75, 3.05) is 6.54 Å². The van der Waals surface area contributed by atoms with E-state index in [4.69, 9.17) is 5.73 Å². The third-order valence-corrected chi connectivity index (χ3v) is 5.37. The molecule has 3 heterocycles. The summed E-state index contributed by atoms with van der Waals surface area (Å²) in [6.07, 6.45) is -2.54. The Morgan fingerprint density at radius 1 is 1.15 bits per heavy atom. The van der Waals surface area contributed by atoms with Gasteiger partial charge in [0.2, 0.25) is 11.7 Å². The first-order valence-electron chi connectivity index (χ1n) is 9.86. The fourth-order valence-corrected chi connectivity index (χ4v) is 3.83. The molecule has 0 radical (unpaired) electrons. The van der Waals surface area contributed by atoms with E-state index in [0.717, 1.165) is 4.57 Å². The number of fused-ring (bicyclic) bond motifs is 1. The van der Waals surface area contributed by atoms with Gasteiger partial charge in [0.25, 0.3) is 0 Å². The Hall–Kier alpha value is -3.35. The molecule has 0 bridgehead atoms. The minimum absolute atomic E-state index is 0.0139. The minimum atomic E-state index is -4.68. The Bertz CT molecular complexity index is 1170. The molecule has 3 aromatic rings. The molecule has 0 saturated heterocycles. The monoisotopic (exact) mass is 472 g/mol. The number of benzene rings is 1. The zero-order chi connectivity index (χ0) is 23.9. The lowest BCUT2D eigenvalue weighted by atomic mass is 10.0. The van der Waals surface area contributed by atoms with Gasteiger partial charge in [-0.2, -0.15) is 13.2 Å². The molecule has 1 amide bonds. The average Bonchev–Trinajstić information content (AvgIpc) is 3.38. The second-order valence-electron chi connectivity index (χ2n) is 7.69. The fourth-order valence-electron chi connectivity index (χ4n) is 3.83. The highest BCUT2D eigenvalue weighted by Gasteiger charge is 2.41. The van der Waals surface area contributed by atoms with Crippen molar-refractivity contribution in [1.82, 2.24) is 24.4 Å². The number of carbonyl (C=O) groups is 1. The molecule has 1 aliphatic rings. The summed E-state index contributed by atoms with van der Waals surface area (Å²) in [5, 5.41) is 0. The Morgan fingerprint density at radius 2 is 1.88 bits per heavy atom. The third-order valence-electron chi connectivity index (χ3n) is 5.37. The molecule has 1 atom stereocenters. The van der Waals surface area contributed by atoms with Gasteiger partial charge in [-0.3, -0.25) is 4.79 Å². The van der Waals surface area contributed by atoms with Crippen LogP contribution in [0.25, 0.3) is 11.4 Å². The number of nitrogens with zero attached hydrogens (tertiary/aromatic N) is 4. The van der Waals surface area contributed by atoms with Crippen LogP contribution in [0.4, 0.5) is 26.3 Å². The number of hydrogen-bond acceptors (Lipinski definition) is 4. The molecule has 1 aromatic carbocycles. The van der Waals surface area contributed by atoms with Gasteiger partial charge >= 0.3 is 6.18 Å². The molecule has 33 heavy (non-hydrogen) atoms. The van der Waals surface area contributed by atoms with Gasteiger partial charge in [-0.15, -0.1) is 0 Å². The Morgan fingerprint density at radius 3 is 2.55 bits per heavy atom. The van der Waals surface area contributed by atoms with Crippen LogP contribution in [0.15, 0.2) is 24.7 Å². The predicted octanol–water partition coefficient (Wildman–Crippen LogP) is 3.01. The van der Waals surface area contributed by atoms with Crippen LogP contribution >= 0.6 is 0 Å². The number of rotatable bonds is 5. The van der Waals surface area contributed by atoms with E-state index >= 15 is 0 Å². The molecule has 0 unspecified atom stereocenters. The summed E-state index contributed by atoms with van der Waals surface area (Å²) < 4.78 is 81.8. The quantitative estimate of drug-likeness (QED) is 0.441. The van der Waals surface area contributed by atoms with Gasteiger partial charge in [-0.25, -0.2) is 23.1 Å². The number of H-pyrrole nitrogens is 1. The maximum Gasteiger partial charge on any atom is 0.449 e. The average molecular weight is 472 g/mol. The van der Waals surface area contributed by atoms with Gasteiger partial charge in [-0.05, 0) is 18.1 Å². The number of nitrogens with one attached hydrogen (secondary N) is 1. The second-order valence-corrected chi connectivity index (χ2v) is 7.69. The topological polar surface area (TPSA) is 92.8 Å². The number of nitrogens with two attached hydrogens (primary N) is 1. The highest BCUT2D eigenvalue weighted by Crippen LogP contribution is 2.35. The van der Waals surface area contributed by atoms with Crippen LogP contribution < -0.4 is 5.73 Å². The Kier molecular flexibility index (Phi) is 5.91. The molecule has 0 aliphatic carbocycles. The minimum Gasteiger partial charge on any atom is -0.343 e. The molecule has 3 N–H and O–H groups in total. The first kappa shape index (κ1) is 22.8. The molecule has 0 fully saturated rings. The zero-order valence-corrected chi connectivity index (χ0v) is 17.0. The van der Waals surface area contributed by atoms with Gasteiger partial charge in [-0.1, -0.05) is 0 Å². The summed E-state index contributed by atoms with van der Waals surface area (Å²) in [5.74, 6) is -5.09. The molecule has 7 nitrogen and oxygen atoms in total. The number of imidazole rings is 2. The lowest BCUT2D eigenvalue weighted by Gasteiger charge is -2.30. The second kappa shape index (κ2) is 8.54. The van der Waals surface area contributed by atoms with Crippen molar-refractivity contribution in [2.24, 2.45) is 5.73 Å². The van der Waals surface area contributed by atoms with E-state index in [9.17, 15) is 31.1 Å². The number of hydrogen-bond donors (Lipinski definition) is 2. The van der Waals surface area contributed by atoms with Crippen LogP contribution in [0.2, 0.25) is 0 Å². The first-order chi connectivity index (χ1) is 15.5. The summed E-state index contributed by atoms with van der Waals surface area (Å²) in [5.41, 5.74) is 6.24. The van der Waals surface area contributed by atoms with Crippen LogP contribution in [-0.2, 0) is 30.5 Å². The number of amides is 1. The van der Waals surface area contributed by atoms with E-state index in [2.05, 4.69) is 15.0 Å². The summed E-state index contributed by atoms with van der Waals surface area (Å²) in [4.78, 5) is 24.4. The third kappa shape index (κ3) is 4.58. The standard InChI is InChI=1S/C20H18F6N6O/c21-12-6-14(23)13(22)4-10(12)3-11(27)5-17(33)31-1-2-32-16(8-31)18(15-7-28-9-29-15)30-19(32)20(24,25)26/h4,6-7,9,11H,1-3,5,8,27H2,(H,28,29)/t11-/m1/s1. The van der Waals surface area contributed by atoms with E-state index in [1.807, 2.05) is 0 Å². The summed E-state index contributed by atoms with van der Waals surface area (Å²) in [6, 6.07) is 0.172. The summed E-state index contributed by atoms with van der Waals surface area (Å²) >= 11 is 0. The SMILES string of the molecule is N[C@@H](CC(=O)N1CCn2c(C(F)(F)F)nc(-c3cnc[nH]3)c2C1)Cc1cc(F)c(F)cc1F. The maximum absolute atomic E-state index is 13.9. The normalized spacial score (nSPS) is 14.9. The van der Waals surface area contributed by atoms with Crippen LogP contribution in [0.3, 0.4) is 0 Å². The summed E-state index contributed by atoms with van der Waals surface area (Å²) in [7, 11) is 0. The largest absolute Gasteiger partial charge is 0.449 e. The van der Waals surface area contributed by atoms with E-state index in [0.29, 0.717) is 12.1 Å². The van der Waals surface area contributed by atoms with Gasteiger partial charge in [0.15, 0.2) is 11.6 Å². The van der Waals surface area contributed by atoms with Gasteiger partial charge < -0.3 is 20.2 Å². The maximum atomic E-state index is 13.9. The number of aromatic nitrogens is 4. The highest BCUT2D eigenvalue weighted by molar-refractivity contribution is 5.77. The van der Waals surface area contributed by atoms with Crippen LogP contribution in [0.5, 0.6) is 0 Å². The van der Waals surface area contributed by atoms with E-state index in [1.54, 1.807) is 0 Å². The number of aromatic amines is 1. The number of alkyl halides is 3. The number of carbonyl (C=O) groups excluding carboxylic acids is 1. The molecule has 0 saturated carbocycles. The summed E-state index contributed by atoms with van der Waals surface area (Å²) in [6.45, 7) is -0.299. The number of halogens is 6. The zero-order valence-electron chi connectivity index (χ0n) is 17.0. The van der Waals surface area contributed by atoms with Crippen molar-refractivity contribution in [1.29, 1.82) is 0 Å². The van der Waals surface area contributed by atoms with Crippen LogP contribution in [-0.4, -0.2) is 42.9 Å². The fraction of sp³-hybridized carbons (Fsp3) is 0.350. The molecule has 4 rings (SSSR count). The molecule has 1 aliphatic heterocycles. The Balaban J connectivity index is 1.51. The van der Waals surface area contributed by atoms with Gasteiger partial charge in [0.1, 0.15) is 11.5 Å². The lowest BCUT2D eigenvalue weighted by Crippen LogP contribution is -2.42. The molecule has 176 valence electrons. The van der Waals surface area contributed by atoms with Crippen molar-refractivity contribution in [3.8, 4) is 11.4 Å². The Labute approximate surface area is 183 Å². The van der Waals surface area contributed by atoms with Crippen LogP contribution in [0.1, 0.15) is 23.5 Å². The van der Waals surface area contributed by atoms with Crippen molar-refractivity contribution >= 4 is 5.91 Å². The van der Waals surface area contributed by atoms with Crippen LogP contribution in [0, 0.1) is 17.5 Å². The molecule has 0 spiro atoms. The smallest absolute Gasteiger partial charge is 0.343 e. The lowest BCUT2D eigenvalue weighted by molar-refractivity contribution is -0.148. The van der Waals surface area contributed by atoms with E-state index < -0.39 is 41.4 Å². The van der Waals surface area contributed by atoms with Crippen molar-refractivity contribution < 1.29 is 31.1 Å². The molecule has 13 heteroatoms. The van der Waals surface area contributed by atoms with E-state index in [1.165, 1.54) is 17.4 Å². The molecule has 2 aromatic heterocycles. The van der Waals surface area contributed by atoms with Gasteiger partial charge in [0.05, 0.1) is 30.5 Å². The van der Waals surface area contributed by atoms with Crippen molar-refractivity contribution in [3.05, 3.63) is 59.2 Å². The molecular formula is C20H18F6N6O. The van der Waals surface area contributed by atoms with E-state index in [-0.39, 0.29) is 55.1 Å². The van der Waals surface area contributed by atoms with Crippen molar-refractivity contribution in [3.63, 3.8) is 0 Å².